The summed E-state index contributed by atoms with van der Waals surface area (Å²) in [5.41, 5.74) is 0.241. The van der Waals surface area contributed by atoms with Gasteiger partial charge in [0.1, 0.15) is 12.4 Å². The lowest BCUT2D eigenvalue weighted by Crippen LogP contribution is -2.44. The molecule has 7 heteroatoms. The number of nitrogens with zero attached hydrogens (tertiary/aromatic N) is 2. The first-order valence-electron chi connectivity index (χ1n) is 7.84. The molecule has 0 aromatic heterocycles. The molecule has 0 bridgehead atoms. The van der Waals surface area contributed by atoms with Crippen LogP contribution in [0.4, 0.5) is 9.18 Å². The third kappa shape index (κ3) is 3.51. The maximum Gasteiger partial charge on any atom is 0.294 e. The number of amides is 3. The van der Waals surface area contributed by atoms with Gasteiger partial charge in [0.05, 0.1) is 4.91 Å². The smallest absolute Gasteiger partial charge is 0.294 e. The van der Waals surface area contributed by atoms with Crippen LogP contribution in [0.5, 0.6) is 0 Å². The van der Waals surface area contributed by atoms with Crippen LogP contribution in [0, 0.1) is 5.82 Å². The van der Waals surface area contributed by atoms with E-state index in [1.807, 2.05) is 0 Å². The zero-order chi connectivity index (χ0) is 17.1. The molecule has 0 unspecified atom stereocenters. The van der Waals surface area contributed by atoms with Gasteiger partial charge in [0, 0.05) is 18.7 Å². The normalized spacial score (nSPS) is 20.1. The molecule has 2 aliphatic heterocycles. The summed E-state index contributed by atoms with van der Waals surface area (Å²) in [7, 11) is 0. The summed E-state index contributed by atoms with van der Waals surface area (Å²) in [4.78, 5) is 39.4. The van der Waals surface area contributed by atoms with Gasteiger partial charge in [-0.05, 0) is 43.2 Å². The monoisotopic (exact) mass is 348 g/mol. The molecule has 2 saturated heterocycles. The highest BCUT2D eigenvalue weighted by molar-refractivity contribution is 8.18. The SMILES string of the molecule is O=C(CN1C(=O)S/C(=C\c2ccccc2F)C1=O)N1CCCCC1. The molecule has 1 aromatic carbocycles. The predicted octanol–water partition coefficient (Wildman–Crippen LogP) is 2.87. The average molecular weight is 348 g/mol. The Labute approximate surface area is 143 Å². The Morgan fingerprint density at radius 3 is 2.58 bits per heavy atom. The average Bonchev–Trinajstić information content (AvgIpc) is 2.85. The van der Waals surface area contributed by atoms with Gasteiger partial charge in [0.25, 0.3) is 11.1 Å². The molecule has 0 saturated carbocycles. The second kappa shape index (κ2) is 7.17. The van der Waals surface area contributed by atoms with E-state index in [1.165, 1.54) is 18.2 Å². The van der Waals surface area contributed by atoms with Crippen molar-refractivity contribution in [3.05, 3.63) is 40.6 Å². The van der Waals surface area contributed by atoms with Gasteiger partial charge in [-0.15, -0.1) is 0 Å². The molecule has 126 valence electrons. The summed E-state index contributed by atoms with van der Waals surface area (Å²) in [6, 6.07) is 6.02. The van der Waals surface area contributed by atoms with Crippen LogP contribution in [0.15, 0.2) is 29.2 Å². The summed E-state index contributed by atoms with van der Waals surface area (Å²) in [5.74, 6) is -1.23. The fraction of sp³-hybridized carbons (Fsp3) is 0.353. The number of halogens is 1. The molecule has 2 fully saturated rings. The Morgan fingerprint density at radius 2 is 1.88 bits per heavy atom. The zero-order valence-corrected chi connectivity index (χ0v) is 13.9. The fourth-order valence-electron chi connectivity index (χ4n) is 2.75. The van der Waals surface area contributed by atoms with Crippen LogP contribution < -0.4 is 0 Å². The van der Waals surface area contributed by atoms with Gasteiger partial charge in [-0.3, -0.25) is 19.3 Å². The molecule has 2 heterocycles. The predicted molar refractivity (Wildman–Crippen MR) is 89.5 cm³/mol. The van der Waals surface area contributed by atoms with Crippen LogP contribution in [0.25, 0.3) is 6.08 Å². The van der Waals surface area contributed by atoms with Crippen LogP contribution in [-0.2, 0) is 9.59 Å². The Kier molecular flexibility index (Phi) is 4.99. The molecule has 5 nitrogen and oxygen atoms in total. The molecular weight excluding hydrogens is 331 g/mol. The van der Waals surface area contributed by atoms with Gasteiger partial charge in [-0.2, -0.15) is 0 Å². The summed E-state index contributed by atoms with van der Waals surface area (Å²) in [5, 5.41) is -0.493. The fourth-order valence-corrected chi connectivity index (χ4v) is 3.58. The molecule has 3 rings (SSSR count). The lowest BCUT2D eigenvalue weighted by molar-refractivity contribution is -0.136. The van der Waals surface area contributed by atoms with Crippen LogP contribution in [-0.4, -0.2) is 46.5 Å². The van der Waals surface area contributed by atoms with Crippen molar-refractivity contribution >= 4 is 34.9 Å². The van der Waals surface area contributed by atoms with Gasteiger partial charge in [-0.1, -0.05) is 18.2 Å². The molecule has 24 heavy (non-hydrogen) atoms. The molecule has 0 spiro atoms. The maximum absolute atomic E-state index is 13.7. The van der Waals surface area contributed by atoms with Gasteiger partial charge in [0.2, 0.25) is 5.91 Å². The standard InChI is InChI=1S/C17H17FN2O3S/c18-13-7-3-2-6-12(13)10-14-16(22)20(17(23)24-14)11-15(21)19-8-4-1-5-9-19/h2-3,6-7,10H,1,4-5,8-9,11H2/b14-10-. The Balaban J connectivity index is 1.72. The van der Waals surface area contributed by atoms with E-state index < -0.39 is 17.0 Å². The van der Waals surface area contributed by atoms with Crippen molar-refractivity contribution in [3.63, 3.8) is 0 Å². The largest absolute Gasteiger partial charge is 0.341 e. The van der Waals surface area contributed by atoms with Gasteiger partial charge in [-0.25, -0.2) is 4.39 Å². The third-order valence-corrected chi connectivity index (χ3v) is 4.97. The number of likely N-dealkylation sites (tertiary alicyclic amines) is 1. The molecule has 0 N–H and O–H groups in total. The number of hydrogen-bond acceptors (Lipinski definition) is 4. The van der Waals surface area contributed by atoms with Crippen LogP contribution in [0.2, 0.25) is 0 Å². The maximum atomic E-state index is 13.7. The molecule has 2 aliphatic rings. The van der Waals surface area contributed by atoms with E-state index in [1.54, 1.807) is 17.0 Å². The molecule has 3 amide bonds. The van der Waals surface area contributed by atoms with Crippen molar-refractivity contribution in [1.29, 1.82) is 0 Å². The molecular formula is C17H17FN2O3S. The summed E-state index contributed by atoms with van der Waals surface area (Å²) >= 11 is 0.735. The van der Waals surface area contributed by atoms with E-state index in [0.29, 0.717) is 13.1 Å². The highest BCUT2D eigenvalue weighted by Gasteiger charge is 2.37. The number of carbonyl (C=O) groups is 3. The number of hydrogen-bond donors (Lipinski definition) is 0. The molecule has 1 aromatic rings. The number of imide groups is 1. The first-order valence-corrected chi connectivity index (χ1v) is 8.65. The first kappa shape index (κ1) is 16.7. The number of benzene rings is 1. The lowest BCUT2D eigenvalue weighted by Gasteiger charge is -2.27. The summed E-state index contributed by atoms with van der Waals surface area (Å²) in [6.45, 7) is 1.08. The van der Waals surface area contributed by atoms with Crippen LogP contribution >= 0.6 is 11.8 Å². The van der Waals surface area contributed by atoms with E-state index >= 15 is 0 Å². The van der Waals surface area contributed by atoms with Crippen molar-refractivity contribution < 1.29 is 18.8 Å². The van der Waals surface area contributed by atoms with Gasteiger partial charge < -0.3 is 4.90 Å². The second-order valence-electron chi connectivity index (χ2n) is 5.73. The number of thioether (sulfide) groups is 1. The van der Waals surface area contributed by atoms with Crippen LogP contribution in [0.1, 0.15) is 24.8 Å². The summed E-state index contributed by atoms with van der Waals surface area (Å²) in [6.07, 6.45) is 4.34. The van der Waals surface area contributed by atoms with Gasteiger partial charge in [0.15, 0.2) is 0 Å². The molecule has 0 atom stereocenters. The van der Waals surface area contributed by atoms with E-state index in [9.17, 15) is 18.8 Å². The van der Waals surface area contributed by atoms with Crippen molar-refractivity contribution in [2.45, 2.75) is 19.3 Å². The minimum absolute atomic E-state index is 0.136. The van der Waals surface area contributed by atoms with E-state index in [2.05, 4.69) is 0 Å². The third-order valence-electron chi connectivity index (χ3n) is 4.07. The van der Waals surface area contributed by atoms with E-state index in [0.717, 1.165) is 35.9 Å². The van der Waals surface area contributed by atoms with Crippen molar-refractivity contribution in [1.82, 2.24) is 9.80 Å². The zero-order valence-electron chi connectivity index (χ0n) is 13.0. The minimum atomic E-state index is -0.543. The van der Waals surface area contributed by atoms with Crippen molar-refractivity contribution in [2.24, 2.45) is 0 Å². The highest BCUT2D eigenvalue weighted by Crippen LogP contribution is 2.32. The first-order chi connectivity index (χ1) is 11.6. The number of piperidine rings is 1. The lowest BCUT2D eigenvalue weighted by atomic mass is 10.1. The van der Waals surface area contributed by atoms with Gasteiger partial charge >= 0.3 is 0 Å². The van der Waals surface area contributed by atoms with Crippen molar-refractivity contribution in [3.8, 4) is 0 Å². The number of rotatable bonds is 3. The van der Waals surface area contributed by atoms with Crippen LogP contribution in [0.3, 0.4) is 0 Å². The highest BCUT2D eigenvalue weighted by atomic mass is 32.2. The Hall–Kier alpha value is -2.15. The van der Waals surface area contributed by atoms with E-state index in [4.69, 9.17) is 0 Å². The second-order valence-corrected chi connectivity index (χ2v) is 6.72. The number of carbonyl (C=O) groups excluding carboxylic acids is 3. The molecule has 0 aliphatic carbocycles. The minimum Gasteiger partial charge on any atom is -0.341 e. The van der Waals surface area contributed by atoms with Crippen molar-refractivity contribution in [2.75, 3.05) is 19.6 Å². The molecule has 0 radical (unpaired) electrons. The summed E-state index contributed by atoms with van der Waals surface area (Å²) < 4.78 is 13.7. The Bertz CT molecular complexity index is 714. The quantitative estimate of drug-likeness (QED) is 0.788. The topological polar surface area (TPSA) is 57.7 Å². The Morgan fingerprint density at radius 1 is 1.17 bits per heavy atom. The van der Waals surface area contributed by atoms with E-state index in [-0.39, 0.29) is 22.9 Å².